The van der Waals surface area contributed by atoms with Crippen LogP contribution in [0.15, 0.2) is 15.9 Å². The van der Waals surface area contributed by atoms with Crippen molar-refractivity contribution in [3.63, 3.8) is 0 Å². The zero-order valence-electron chi connectivity index (χ0n) is 6.50. The fourth-order valence-electron chi connectivity index (χ4n) is 0.515. The molecular formula is C6H10ClNS2Si. The van der Waals surface area contributed by atoms with Crippen LogP contribution < -0.4 is 0 Å². The molecule has 1 aromatic rings. The second-order valence-electron chi connectivity index (χ2n) is 2.81. The summed E-state index contributed by atoms with van der Waals surface area (Å²) in [5.74, 6) is 0. The molecule has 1 heterocycles. The van der Waals surface area contributed by atoms with Gasteiger partial charge in [0.25, 0.3) is 0 Å². The third-order valence-corrected chi connectivity index (χ3v) is 6.81. The van der Waals surface area contributed by atoms with Gasteiger partial charge in [-0.25, -0.2) is 4.98 Å². The van der Waals surface area contributed by atoms with Gasteiger partial charge in [0.15, 0.2) is 7.38 Å². The van der Waals surface area contributed by atoms with E-state index in [0.717, 1.165) is 9.72 Å². The fraction of sp³-hybridized carbons (Fsp3) is 0.500. The molecule has 11 heavy (non-hydrogen) atoms. The number of nitrogens with zero attached hydrogens (tertiary/aromatic N) is 1. The van der Waals surface area contributed by atoms with Crippen LogP contribution >= 0.6 is 34.2 Å². The standard InChI is InChI=1S/C6H10ClNS2Si/c1-11(2,7)5-10-6-8-3-4-9-6/h3-4H,5H2,1-2H3. The number of hydrogen-bond acceptors (Lipinski definition) is 3. The molecule has 1 nitrogen and oxygen atoms in total. The Bertz CT molecular complexity index is 207. The molecule has 0 saturated carbocycles. The molecule has 0 aromatic carbocycles. The van der Waals surface area contributed by atoms with E-state index in [2.05, 4.69) is 18.1 Å². The van der Waals surface area contributed by atoms with Gasteiger partial charge in [0.05, 0.1) is 0 Å². The highest BCUT2D eigenvalue weighted by Gasteiger charge is 2.17. The molecule has 0 saturated heterocycles. The van der Waals surface area contributed by atoms with Crippen LogP contribution in [0.3, 0.4) is 0 Å². The molecule has 5 heteroatoms. The largest absolute Gasteiger partial charge is 0.238 e. The van der Waals surface area contributed by atoms with Gasteiger partial charge in [-0.1, -0.05) is 24.9 Å². The maximum atomic E-state index is 6.14. The van der Waals surface area contributed by atoms with Crippen LogP contribution in [0.25, 0.3) is 0 Å². The van der Waals surface area contributed by atoms with Crippen molar-refractivity contribution in [1.29, 1.82) is 0 Å². The molecule has 0 N–H and O–H groups in total. The summed E-state index contributed by atoms with van der Waals surface area (Å²) in [7, 11) is -1.41. The quantitative estimate of drug-likeness (QED) is 0.444. The van der Waals surface area contributed by atoms with Gasteiger partial charge in [0, 0.05) is 17.0 Å². The van der Waals surface area contributed by atoms with E-state index < -0.39 is 7.38 Å². The molecular weight excluding hydrogens is 214 g/mol. The molecule has 0 aliphatic rings. The molecule has 0 atom stereocenters. The van der Waals surface area contributed by atoms with E-state index in [0.29, 0.717) is 0 Å². The maximum absolute atomic E-state index is 6.14. The van der Waals surface area contributed by atoms with Crippen molar-refractivity contribution in [3.05, 3.63) is 11.6 Å². The lowest BCUT2D eigenvalue weighted by molar-refractivity contribution is 1.25. The lowest BCUT2D eigenvalue weighted by Gasteiger charge is -2.09. The minimum absolute atomic E-state index is 1.04. The molecule has 0 bridgehead atoms. The molecule has 0 unspecified atom stereocenters. The third kappa shape index (κ3) is 4.15. The molecule has 0 aliphatic carbocycles. The van der Waals surface area contributed by atoms with Crippen molar-refractivity contribution in [2.45, 2.75) is 17.4 Å². The van der Waals surface area contributed by atoms with Crippen molar-refractivity contribution in [2.75, 3.05) is 5.38 Å². The zero-order chi connectivity index (χ0) is 8.32. The molecule has 0 aliphatic heterocycles. The van der Waals surface area contributed by atoms with Crippen molar-refractivity contribution in [2.24, 2.45) is 0 Å². The molecule has 0 spiro atoms. The van der Waals surface area contributed by atoms with Crippen molar-refractivity contribution in [1.82, 2.24) is 4.98 Å². The van der Waals surface area contributed by atoms with E-state index in [1.54, 1.807) is 23.1 Å². The van der Waals surface area contributed by atoms with Gasteiger partial charge in [-0.15, -0.1) is 11.3 Å². The number of rotatable bonds is 3. The van der Waals surface area contributed by atoms with Crippen LogP contribution in [0.4, 0.5) is 0 Å². The number of thiazole rings is 1. The summed E-state index contributed by atoms with van der Waals surface area (Å²) < 4.78 is 1.13. The summed E-state index contributed by atoms with van der Waals surface area (Å²) in [6.45, 7) is 4.30. The SMILES string of the molecule is C[Si](C)(Cl)CSc1nccs1. The highest BCUT2D eigenvalue weighted by Crippen LogP contribution is 2.24. The van der Waals surface area contributed by atoms with Gasteiger partial charge >= 0.3 is 0 Å². The Morgan fingerprint density at radius 1 is 1.73 bits per heavy atom. The Morgan fingerprint density at radius 3 is 2.91 bits per heavy atom. The number of halogens is 1. The van der Waals surface area contributed by atoms with Crippen LogP contribution in [-0.4, -0.2) is 17.7 Å². The first-order chi connectivity index (χ1) is 5.08. The summed E-state index contributed by atoms with van der Waals surface area (Å²) in [4.78, 5) is 4.16. The van der Waals surface area contributed by atoms with Crippen LogP contribution in [0, 0.1) is 0 Å². The summed E-state index contributed by atoms with van der Waals surface area (Å²) in [6, 6.07) is 0. The third-order valence-electron chi connectivity index (χ3n) is 0.949. The summed E-state index contributed by atoms with van der Waals surface area (Å²) >= 11 is 9.60. The number of thioether (sulfide) groups is 1. The van der Waals surface area contributed by atoms with Crippen molar-refractivity contribution >= 4 is 41.6 Å². The Labute approximate surface area is 80.9 Å². The van der Waals surface area contributed by atoms with E-state index in [9.17, 15) is 0 Å². The van der Waals surface area contributed by atoms with Crippen molar-refractivity contribution < 1.29 is 0 Å². The Hall–Kier alpha value is 0.487. The average molecular weight is 224 g/mol. The molecule has 0 amide bonds. The van der Waals surface area contributed by atoms with Crippen LogP contribution in [0.5, 0.6) is 0 Å². The molecule has 62 valence electrons. The Balaban J connectivity index is 2.35. The molecule has 0 fully saturated rings. The van der Waals surface area contributed by atoms with E-state index in [4.69, 9.17) is 11.1 Å². The number of hydrogen-bond donors (Lipinski definition) is 0. The van der Waals surface area contributed by atoms with Gasteiger partial charge in [0.2, 0.25) is 0 Å². The van der Waals surface area contributed by atoms with Gasteiger partial charge in [-0.05, 0) is 0 Å². The topological polar surface area (TPSA) is 12.9 Å². The molecule has 1 rings (SSSR count). The zero-order valence-corrected chi connectivity index (χ0v) is 9.89. The highest BCUT2D eigenvalue weighted by molar-refractivity contribution is 8.03. The van der Waals surface area contributed by atoms with Gasteiger partial charge in [0.1, 0.15) is 4.34 Å². The van der Waals surface area contributed by atoms with Crippen LogP contribution in [0.1, 0.15) is 0 Å². The average Bonchev–Trinajstić information content (AvgIpc) is 2.32. The maximum Gasteiger partial charge on any atom is 0.160 e. The van der Waals surface area contributed by atoms with E-state index >= 15 is 0 Å². The Morgan fingerprint density at radius 2 is 2.45 bits per heavy atom. The molecule has 1 aromatic heterocycles. The minimum atomic E-state index is -1.41. The lowest BCUT2D eigenvalue weighted by atomic mass is 11.0. The summed E-state index contributed by atoms with van der Waals surface area (Å²) in [5.41, 5.74) is 0. The first-order valence-corrected chi connectivity index (χ1v) is 9.37. The normalized spacial score (nSPS) is 11.9. The first-order valence-electron chi connectivity index (χ1n) is 3.29. The van der Waals surface area contributed by atoms with Gasteiger partial charge in [-0.3, -0.25) is 0 Å². The lowest BCUT2D eigenvalue weighted by Crippen LogP contribution is -2.20. The van der Waals surface area contributed by atoms with Crippen LogP contribution in [0.2, 0.25) is 13.1 Å². The molecule has 0 radical (unpaired) electrons. The predicted octanol–water partition coefficient (Wildman–Crippen LogP) is 3.22. The second kappa shape index (κ2) is 3.94. The van der Waals surface area contributed by atoms with Crippen molar-refractivity contribution in [3.8, 4) is 0 Å². The summed E-state index contributed by atoms with van der Waals surface area (Å²) in [6.07, 6.45) is 1.83. The van der Waals surface area contributed by atoms with Crippen LogP contribution in [-0.2, 0) is 0 Å². The number of aromatic nitrogens is 1. The first kappa shape index (κ1) is 9.57. The monoisotopic (exact) mass is 223 g/mol. The van der Waals surface area contributed by atoms with E-state index in [1.807, 2.05) is 11.6 Å². The Kier molecular flexibility index (Phi) is 3.43. The fourth-order valence-corrected chi connectivity index (χ4v) is 4.34. The summed E-state index contributed by atoms with van der Waals surface area (Å²) in [5, 5.41) is 3.03. The smallest absolute Gasteiger partial charge is 0.160 e. The van der Waals surface area contributed by atoms with E-state index in [-0.39, 0.29) is 0 Å². The van der Waals surface area contributed by atoms with E-state index in [1.165, 1.54) is 0 Å². The minimum Gasteiger partial charge on any atom is -0.238 e. The van der Waals surface area contributed by atoms with Gasteiger partial charge < -0.3 is 0 Å². The van der Waals surface area contributed by atoms with Gasteiger partial charge in [-0.2, -0.15) is 11.1 Å². The highest BCUT2D eigenvalue weighted by atomic mass is 35.6. The predicted molar refractivity (Wildman–Crippen MR) is 56.2 cm³/mol. The second-order valence-corrected chi connectivity index (χ2v) is 12.3.